The summed E-state index contributed by atoms with van der Waals surface area (Å²) in [7, 11) is 0. The van der Waals surface area contributed by atoms with Crippen LogP contribution in [-0.2, 0) is 4.79 Å². The van der Waals surface area contributed by atoms with Gasteiger partial charge in [-0.15, -0.1) is 0 Å². The summed E-state index contributed by atoms with van der Waals surface area (Å²) in [6, 6.07) is 6.49. The molecule has 0 aliphatic carbocycles. The number of aliphatic hydroxyl groups excluding tert-OH is 1. The number of para-hydroxylation sites is 2. The van der Waals surface area contributed by atoms with Gasteiger partial charge in [0.2, 0.25) is 0 Å². The average molecular weight is 253 g/mol. The summed E-state index contributed by atoms with van der Waals surface area (Å²) in [4.78, 5) is 11.5. The zero-order valence-corrected chi connectivity index (χ0v) is 10.4. The number of ether oxygens (including phenoxy) is 1. The molecule has 3 N–H and O–H groups in total. The smallest absolute Gasteiger partial charge is 0.257 e. The van der Waals surface area contributed by atoms with E-state index in [1.807, 2.05) is 6.92 Å². The van der Waals surface area contributed by atoms with E-state index >= 15 is 0 Å². The third-order valence-electron chi connectivity index (χ3n) is 2.49. The van der Waals surface area contributed by atoms with Gasteiger partial charge in [0.25, 0.3) is 5.91 Å². The molecule has 5 nitrogen and oxygen atoms in total. The maximum Gasteiger partial charge on any atom is 0.257 e. The zero-order chi connectivity index (χ0) is 13.4. The molecular formula is C13H19NO4. The minimum atomic E-state index is -0.247. The molecule has 1 aromatic carbocycles. The highest BCUT2D eigenvalue weighted by Crippen LogP contribution is 2.23. The molecule has 5 heteroatoms. The van der Waals surface area contributed by atoms with Crippen molar-refractivity contribution in [2.24, 2.45) is 5.92 Å². The van der Waals surface area contributed by atoms with Crippen molar-refractivity contribution in [2.45, 2.75) is 13.3 Å². The second-order valence-electron chi connectivity index (χ2n) is 4.18. The van der Waals surface area contributed by atoms with Crippen LogP contribution in [0.15, 0.2) is 24.3 Å². The van der Waals surface area contributed by atoms with Crippen molar-refractivity contribution in [1.82, 2.24) is 5.32 Å². The molecule has 1 rings (SSSR count). The van der Waals surface area contributed by atoms with Crippen molar-refractivity contribution in [3.05, 3.63) is 24.3 Å². The van der Waals surface area contributed by atoms with Crippen molar-refractivity contribution in [3.63, 3.8) is 0 Å². The molecule has 0 aliphatic rings. The van der Waals surface area contributed by atoms with Crippen LogP contribution in [0.2, 0.25) is 0 Å². The van der Waals surface area contributed by atoms with E-state index in [4.69, 9.17) is 9.84 Å². The SMILES string of the molecule is CC(CCO)CNC(=O)COc1ccccc1O. The van der Waals surface area contributed by atoms with Crippen molar-refractivity contribution in [2.75, 3.05) is 19.8 Å². The number of aromatic hydroxyl groups is 1. The molecule has 100 valence electrons. The predicted octanol–water partition coefficient (Wildman–Crippen LogP) is 0.906. The monoisotopic (exact) mass is 253 g/mol. The van der Waals surface area contributed by atoms with E-state index in [0.717, 1.165) is 0 Å². The van der Waals surface area contributed by atoms with E-state index in [-0.39, 0.29) is 36.5 Å². The number of carbonyl (C=O) groups excluding carboxylic acids is 1. The molecule has 1 unspecified atom stereocenters. The van der Waals surface area contributed by atoms with E-state index in [1.54, 1.807) is 18.2 Å². The second kappa shape index (κ2) is 7.55. The summed E-state index contributed by atoms with van der Waals surface area (Å²) in [5.41, 5.74) is 0. The summed E-state index contributed by atoms with van der Waals surface area (Å²) < 4.78 is 5.18. The highest BCUT2D eigenvalue weighted by Gasteiger charge is 2.07. The Hall–Kier alpha value is -1.75. The Morgan fingerprint density at radius 2 is 2.17 bits per heavy atom. The van der Waals surface area contributed by atoms with Crippen molar-refractivity contribution in [1.29, 1.82) is 0 Å². The third-order valence-corrected chi connectivity index (χ3v) is 2.49. The quantitative estimate of drug-likeness (QED) is 0.674. The Labute approximate surface area is 106 Å². The minimum Gasteiger partial charge on any atom is -0.504 e. The molecule has 0 radical (unpaired) electrons. The fourth-order valence-electron chi connectivity index (χ4n) is 1.38. The number of aliphatic hydroxyl groups is 1. The van der Waals surface area contributed by atoms with E-state index in [2.05, 4.69) is 5.32 Å². The molecule has 0 saturated heterocycles. The number of hydrogen-bond acceptors (Lipinski definition) is 4. The largest absolute Gasteiger partial charge is 0.504 e. The first-order valence-electron chi connectivity index (χ1n) is 5.92. The average Bonchev–Trinajstić information content (AvgIpc) is 2.36. The molecule has 0 heterocycles. The maximum atomic E-state index is 11.5. The van der Waals surface area contributed by atoms with Crippen LogP contribution in [-0.4, -0.2) is 35.9 Å². The lowest BCUT2D eigenvalue weighted by atomic mass is 10.1. The number of hydrogen-bond donors (Lipinski definition) is 3. The molecule has 1 aromatic rings. The van der Waals surface area contributed by atoms with Crippen molar-refractivity contribution in [3.8, 4) is 11.5 Å². The van der Waals surface area contributed by atoms with E-state index in [9.17, 15) is 9.90 Å². The van der Waals surface area contributed by atoms with Gasteiger partial charge in [-0.05, 0) is 24.5 Å². The van der Waals surface area contributed by atoms with Crippen molar-refractivity contribution < 1.29 is 19.7 Å². The van der Waals surface area contributed by atoms with E-state index in [1.165, 1.54) is 6.07 Å². The van der Waals surface area contributed by atoms with Crippen LogP contribution in [0.1, 0.15) is 13.3 Å². The van der Waals surface area contributed by atoms with E-state index < -0.39 is 0 Å². The van der Waals surface area contributed by atoms with Gasteiger partial charge in [-0.2, -0.15) is 0 Å². The zero-order valence-electron chi connectivity index (χ0n) is 10.4. The second-order valence-corrected chi connectivity index (χ2v) is 4.18. The third kappa shape index (κ3) is 5.05. The summed E-state index contributed by atoms with van der Waals surface area (Å²) in [6.45, 7) is 2.43. The number of rotatable bonds is 7. The van der Waals surface area contributed by atoms with Crippen LogP contribution < -0.4 is 10.1 Å². The van der Waals surface area contributed by atoms with Gasteiger partial charge in [0.1, 0.15) is 0 Å². The maximum absolute atomic E-state index is 11.5. The standard InChI is InChI=1S/C13H19NO4/c1-10(6-7-15)8-14-13(17)9-18-12-5-3-2-4-11(12)16/h2-5,10,15-16H,6-9H2,1H3,(H,14,17). The molecular weight excluding hydrogens is 234 g/mol. The number of phenols is 1. The summed E-state index contributed by atoms with van der Waals surface area (Å²) >= 11 is 0. The van der Waals surface area contributed by atoms with Gasteiger partial charge in [0, 0.05) is 13.2 Å². The normalized spacial score (nSPS) is 11.9. The molecule has 0 aliphatic heterocycles. The van der Waals surface area contributed by atoms with Crippen LogP contribution in [0, 0.1) is 5.92 Å². The summed E-state index contributed by atoms with van der Waals surface area (Å²) in [5, 5.41) is 20.8. The highest BCUT2D eigenvalue weighted by atomic mass is 16.5. The van der Waals surface area contributed by atoms with Crippen LogP contribution in [0.25, 0.3) is 0 Å². The van der Waals surface area contributed by atoms with Gasteiger partial charge < -0.3 is 20.3 Å². The summed E-state index contributed by atoms with van der Waals surface area (Å²) in [6.07, 6.45) is 0.653. The first kappa shape index (κ1) is 14.3. The van der Waals surface area contributed by atoms with Crippen LogP contribution in [0.5, 0.6) is 11.5 Å². The van der Waals surface area contributed by atoms with Gasteiger partial charge in [-0.1, -0.05) is 19.1 Å². The molecule has 1 amide bonds. The van der Waals surface area contributed by atoms with Crippen LogP contribution in [0.3, 0.4) is 0 Å². The van der Waals surface area contributed by atoms with E-state index in [0.29, 0.717) is 13.0 Å². The number of carbonyl (C=O) groups is 1. The number of nitrogens with one attached hydrogen (secondary N) is 1. The number of benzene rings is 1. The molecule has 18 heavy (non-hydrogen) atoms. The Bertz CT molecular complexity index is 381. The topological polar surface area (TPSA) is 78.8 Å². The molecule has 0 aromatic heterocycles. The predicted molar refractivity (Wildman–Crippen MR) is 67.5 cm³/mol. The lowest BCUT2D eigenvalue weighted by molar-refractivity contribution is -0.123. The van der Waals surface area contributed by atoms with Gasteiger partial charge in [-0.3, -0.25) is 4.79 Å². The van der Waals surface area contributed by atoms with Crippen LogP contribution in [0.4, 0.5) is 0 Å². The fraction of sp³-hybridized carbons (Fsp3) is 0.462. The van der Waals surface area contributed by atoms with Crippen molar-refractivity contribution >= 4 is 5.91 Å². The number of phenolic OH excluding ortho intramolecular Hbond substituents is 1. The highest BCUT2D eigenvalue weighted by molar-refractivity contribution is 5.77. The van der Waals surface area contributed by atoms with Gasteiger partial charge >= 0.3 is 0 Å². The molecule has 0 saturated carbocycles. The molecule has 0 spiro atoms. The lowest BCUT2D eigenvalue weighted by Gasteiger charge is -2.12. The van der Waals surface area contributed by atoms with Gasteiger partial charge in [0.05, 0.1) is 0 Å². The lowest BCUT2D eigenvalue weighted by Crippen LogP contribution is -2.32. The molecule has 0 bridgehead atoms. The first-order chi connectivity index (χ1) is 8.63. The van der Waals surface area contributed by atoms with Gasteiger partial charge in [-0.25, -0.2) is 0 Å². The first-order valence-corrected chi connectivity index (χ1v) is 5.92. The van der Waals surface area contributed by atoms with Crippen LogP contribution >= 0.6 is 0 Å². The Balaban J connectivity index is 2.27. The fourth-order valence-corrected chi connectivity index (χ4v) is 1.38. The Kier molecular flexibility index (Phi) is 6.00. The minimum absolute atomic E-state index is 0.0129. The summed E-state index contributed by atoms with van der Waals surface area (Å²) in [5.74, 6) is 0.280. The molecule has 0 fully saturated rings. The van der Waals surface area contributed by atoms with Gasteiger partial charge in [0.15, 0.2) is 18.1 Å². The Morgan fingerprint density at radius 3 is 2.83 bits per heavy atom. The Morgan fingerprint density at radius 1 is 1.44 bits per heavy atom. The number of amides is 1. The molecule has 1 atom stereocenters.